The van der Waals surface area contributed by atoms with E-state index in [0.29, 0.717) is 44.7 Å². The van der Waals surface area contributed by atoms with Gasteiger partial charge in [-0.1, -0.05) is 70.7 Å². The number of methoxy groups -OCH3 is 1. The fraction of sp³-hybridized carbons (Fsp3) is 0.217. The standard InChI is InChI=1S/C23H21Cl4NO2/c1-29-22-4-2-3-17(13-28-10-9-16-6-7-18(24)12-20(16)26)23(22)30-14-15-5-8-19(25)21(27)11-15/h2-8,11-12,28H,9-10,13-14H2,1H3. The van der Waals surface area contributed by atoms with Crippen molar-refractivity contribution in [2.24, 2.45) is 0 Å². The van der Waals surface area contributed by atoms with Crippen LogP contribution in [0.2, 0.25) is 20.1 Å². The molecule has 0 aliphatic carbocycles. The molecule has 0 aromatic heterocycles. The van der Waals surface area contributed by atoms with Gasteiger partial charge in [0.15, 0.2) is 11.5 Å². The highest BCUT2D eigenvalue weighted by atomic mass is 35.5. The second kappa shape index (κ2) is 11.1. The molecule has 0 radical (unpaired) electrons. The first kappa shape index (κ1) is 23.1. The zero-order valence-corrected chi connectivity index (χ0v) is 19.4. The quantitative estimate of drug-likeness (QED) is 0.325. The lowest BCUT2D eigenvalue weighted by atomic mass is 10.1. The Bertz CT molecular complexity index is 1010. The molecule has 3 aromatic rings. The fourth-order valence-corrected chi connectivity index (χ4v) is 3.80. The summed E-state index contributed by atoms with van der Waals surface area (Å²) in [6.07, 6.45) is 0.791. The van der Waals surface area contributed by atoms with Gasteiger partial charge < -0.3 is 14.8 Å². The van der Waals surface area contributed by atoms with E-state index in [4.69, 9.17) is 55.9 Å². The van der Waals surface area contributed by atoms with Gasteiger partial charge in [-0.05, 0) is 54.4 Å². The molecule has 1 N–H and O–H groups in total. The van der Waals surface area contributed by atoms with Crippen LogP contribution in [0.5, 0.6) is 11.5 Å². The molecule has 30 heavy (non-hydrogen) atoms. The van der Waals surface area contributed by atoms with Gasteiger partial charge >= 0.3 is 0 Å². The van der Waals surface area contributed by atoms with Crippen molar-refractivity contribution in [2.75, 3.05) is 13.7 Å². The van der Waals surface area contributed by atoms with Gasteiger partial charge in [-0.2, -0.15) is 0 Å². The maximum absolute atomic E-state index is 6.24. The molecular formula is C23H21Cl4NO2. The van der Waals surface area contributed by atoms with E-state index in [-0.39, 0.29) is 0 Å². The number of benzene rings is 3. The molecule has 0 amide bonds. The van der Waals surface area contributed by atoms with Crippen LogP contribution < -0.4 is 14.8 Å². The maximum Gasteiger partial charge on any atom is 0.166 e. The molecule has 0 saturated heterocycles. The second-order valence-corrected chi connectivity index (χ2v) is 8.31. The van der Waals surface area contributed by atoms with Crippen molar-refractivity contribution in [3.63, 3.8) is 0 Å². The van der Waals surface area contributed by atoms with E-state index >= 15 is 0 Å². The predicted octanol–water partition coefficient (Wildman–Crippen LogP) is 7.22. The van der Waals surface area contributed by atoms with E-state index in [9.17, 15) is 0 Å². The van der Waals surface area contributed by atoms with Gasteiger partial charge in [0.2, 0.25) is 0 Å². The van der Waals surface area contributed by atoms with Gasteiger partial charge in [-0.15, -0.1) is 0 Å². The summed E-state index contributed by atoms with van der Waals surface area (Å²) in [6.45, 7) is 1.73. The predicted molar refractivity (Wildman–Crippen MR) is 126 cm³/mol. The van der Waals surface area contributed by atoms with Gasteiger partial charge in [0, 0.05) is 22.2 Å². The van der Waals surface area contributed by atoms with Gasteiger partial charge in [0.05, 0.1) is 17.2 Å². The number of hydrogen-bond donors (Lipinski definition) is 1. The third-order valence-electron chi connectivity index (χ3n) is 4.55. The molecule has 0 saturated carbocycles. The Morgan fingerprint density at radius 2 is 1.67 bits per heavy atom. The average Bonchev–Trinajstić information content (AvgIpc) is 2.73. The molecule has 0 heterocycles. The Kier molecular flexibility index (Phi) is 8.55. The minimum atomic E-state index is 0.352. The third kappa shape index (κ3) is 6.19. The number of rotatable bonds is 9. The van der Waals surface area contributed by atoms with Crippen molar-refractivity contribution in [1.29, 1.82) is 0 Å². The molecule has 7 heteroatoms. The molecule has 3 rings (SSSR count). The molecule has 158 valence electrons. The zero-order chi connectivity index (χ0) is 21.5. The summed E-state index contributed by atoms with van der Waals surface area (Å²) in [6, 6.07) is 16.8. The molecule has 3 aromatic carbocycles. The van der Waals surface area contributed by atoms with E-state index in [0.717, 1.165) is 29.7 Å². The maximum atomic E-state index is 6.24. The summed E-state index contributed by atoms with van der Waals surface area (Å²) in [5, 5.41) is 5.76. The van der Waals surface area contributed by atoms with Crippen LogP contribution in [-0.4, -0.2) is 13.7 Å². The van der Waals surface area contributed by atoms with Gasteiger partial charge in [0.1, 0.15) is 6.61 Å². The Hall–Kier alpha value is -1.62. The van der Waals surface area contributed by atoms with Crippen LogP contribution in [0.1, 0.15) is 16.7 Å². The molecule has 0 spiro atoms. The smallest absolute Gasteiger partial charge is 0.166 e. The van der Waals surface area contributed by atoms with Crippen LogP contribution in [0.15, 0.2) is 54.6 Å². The van der Waals surface area contributed by atoms with E-state index in [2.05, 4.69) is 5.32 Å². The molecule has 0 aliphatic heterocycles. The monoisotopic (exact) mass is 483 g/mol. The van der Waals surface area contributed by atoms with Crippen LogP contribution in [0.3, 0.4) is 0 Å². The van der Waals surface area contributed by atoms with Crippen LogP contribution in [0, 0.1) is 0 Å². The summed E-state index contributed by atoms with van der Waals surface area (Å²) >= 11 is 24.3. The van der Waals surface area contributed by atoms with E-state index in [1.807, 2.05) is 36.4 Å². The van der Waals surface area contributed by atoms with Gasteiger partial charge in [0.25, 0.3) is 0 Å². The minimum Gasteiger partial charge on any atom is -0.493 e. The summed E-state index contributed by atoms with van der Waals surface area (Å²) in [5.41, 5.74) is 2.97. The van der Waals surface area contributed by atoms with Crippen LogP contribution in [-0.2, 0) is 19.6 Å². The minimum absolute atomic E-state index is 0.352. The highest BCUT2D eigenvalue weighted by molar-refractivity contribution is 6.42. The summed E-state index contributed by atoms with van der Waals surface area (Å²) in [7, 11) is 1.63. The van der Waals surface area contributed by atoms with Crippen molar-refractivity contribution >= 4 is 46.4 Å². The molecule has 0 unspecified atom stereocenters. The number of nitrogens with one attached hydrogen (secondary N) is 1. The summed E-state index contributed by atoms with van der Waals surface area (Å²) in [4.78, 5) is 0. The van der Waals surface area contributed by atoms with Gasteiger partial charge in [-0.3, -0.25) is 0 Å². The molecular weight excluding hydrogens is 464 g/mol. The first-order chi connectivity index (χ1) is 14.5. The highest BCUT2D eigenvalue weighted by Crippen LogP contribution is 2.32. The zero-order valence-electron chi connectivity index (χ0n) is 16.4. The lowest BCUT2D eigenvalue weighted by Gasteiger charge is -2.16. The lowest BCUT2D eigenvalue weighted by molar-refractivity contribution is 0.280. The first-order valence-electron chi connectivity index (χ1n) is 9.35. The summed E-state index contributed by atoms with van der Waals surface area (Å²) in [5.74, 6) is 1.37. The van der Waals surface area contributed by atoms with Crippen LogP contribution in [0.4, 0.5) is 0 Å². The first-order valence-corrected chi connectivity index (χ1v) is 10.9. The van der Waals surface area contributed by atoms with Crippen molar-refractivity contribution in [3.8, 4) is 11.5 Å². The Balaban J connectivity index is 1.63. The molecule has 0 bridgehead atoms. The Morgan fingerprint density at radius 3 is 2.40 bits per heavy atom. The van der Waals surface area contributed by atoms with Crippen LogP contribution in [0.25, 0.3) is 0 Å². The van der Waals surface area contributed by atoms with Crippen molar-refractivity contribution in [1.82, 2.24) is 5.32 Å². The molecule has 0 atom stereocenters. The van der Waals surface area contributed by atoms with E-state index in [1.54, 1.807) is 25.3 Å². The van der Waals surface area contributed by atoms with Crippen LogP contribution >= 0.6 is 46.4 Å². The van der Waals surface area contributed by atoms with E-state index < -0.39 is 0 Å². The molecule has 0 aliphatic rings. The van der Waals surface area contributed by atoms with Crippen molar-refractivity contribution < 1.29 is 9.47 Å². The number of ether oxygens (including phenoxy) is 2. The number of hydrogen-bond acceptors (Lipinski definition) is 3. The summed E-state index contributed by atoms with van der Waals surface area (Å²) < 4.78 is 11.6. The highest BCUT2D eigenvalue weighted by Gasteiger charge is 2.11. The normalized spacial score (nSPS) is 10.8. The molecule has 0 fully saturated rings. The van der Waals surface area contributed by atoms with Crippen molar-refractivity contribution in [3.05, 3.63) is 91.4 Å². The Labute approximate surface area is 196 Å². The van der Waals surface area contributed by atoms with Crippen molar-refractivity contribution in [2.45, 2.75) is 19.6 Å². The number of para-hydroxylation sites is 1. The SMILES string of the molecule is COc1cccc(CNCCc2ccc(Cl)cc2Cl)c1OCc1ccc(Cl)c(Cl)c1. The topological polar surface area (TPSA) is 30.5 Å². The fourth-order valence-electron chi connectivity index (χ4n) is 2.98. The average molecular weight is 485 g/mol. The Morgan fingerprint density at radius 1 is 0.833 bits per heavy atom. The van der Waals surface area contributed by atoms with E-state index in [1.165, 1.54) is 0 Å². The lowest BCUT2D eigenvalue weighted by Crippen LogP contribution is -2.17. The largest absolute Gasteiger partial charge is 0.493 e. The number of halogens is 4. The van der Waals surface area contributed by atoms with Gasteiger partial charge in [-0.25, -0.2) is 0 Å². The molecule has 3 nitrogen and oxygen atoms in total. The third-order valence-corrected chi connectivity index (χ3v) is 5.88. The second-order valence-electron chi connectivity index (χ2n) is 6.65.